The third-order valence-corrected chi connectivity index (χ3v) is 2.53. The smallest absolute Gasteiger partial charge is 0.244 e. The summed E-state index contributed by atoms with van der Waals surface area (Å²) < 4.78 is 6.38. The first-order chi connectivity index (χ1) is 8.69. The van der Waals surface area contributed by atoms with E-state index in [2.05, 4.69) is 15.6 Å². The molecule has 18 heavy (non-hydrogen) atoms. The fraction of sp³-hybridized carbons (Fsp3) is 0.727. The highest BCUT2D eigenvalue weighted by Gasteiger charge is 2.15. The molecule has 1 rings (SSSR count). The number of hydrogen-bond donors (Lipinski definition) is 2. The predicted octanol–water partition coefficient (Wildman–Crippen LogP) is -0.473. The van der Waals surface area contributed by atoms with Crippen LogP contribution >= 0.6 is 0 Å². The minimum atomic E-state index is -0.405. The standard InChI is InChI=1S/C11H20N4O3/c1-9(11(17)12-5-7-18-2)15-8-10(13-14-15)4-3-6-16/h8-9,16H,3-7H2,1-2H3,(H,12,17). The molecule has 0 aromatic carbocycles. The Morgan fingerprint density at radius 1 is 1.67 bits per heavy atom. The van der Waals surface area contributed by atoms with E-state index in [1.165, 1.54) is 4.68 Å². The molecule has 0 aliphatic carbocycles. The number of methoxy groups -OCH3 is 1. The summed E-state index contributed by atoms with van der Waals surface area (Å²) in [6.45, 7) is 2.84. The summed E-state index contributed by atoms with van der Waals surface area (Å²) >= 11 is 0. The molecule has 2 N–H and O–H groups in total. The quantitative estimate of drug-likeness (QED) is 0.614. The van der Waals surface area contributed by atoms with Gasteiger partial charge < -0.3 is 15.2 Å². The lowest BCUT2D eigenvalue weighted by molar-refractivity contribution is -0.124. The Labute approximate surface area is 106 Å². The molecule has 1 aromatic rings. The van der Waals surface area contributed by atoms with Crippen LogP contribution in [0.1, 0.15) is 25.1 Å². The van der Waals surface area contributed by atoms with Gasteiger partial charge in [0.25, 0.3) is 0 Å². The van der Waals surface area contributed by atoms with E-state index in [9.17, 15) is 4.79 Å². The Morgan fingerprint density at radius 3 is 3.11 bits per heavy atom. The molecule has 0 saturated carbocycles. The minimum Gasteiger partial charge on any atom is -0.396 e. The topological polar surface area (TPSA) is 89.3 Å². The van der Waals surface area contributed by atoms with Crippen LogP contribution in [0.2, 0.25) is 0 Å². The first kappa shape index (κ1) is 14.6. The van der Waals surface area contributed by atoms with E-state index < -0.39 is 6.04 Å². The van der Waals surface area contributed by atoms with E-state index in [0.29, 0.717) is 26.0 Å². The number of carbonyl (C=O) groups is 1. The number of amides is 1. The van der Waals surface area contributed by atoms with Gasteiger partial charge in [0.1, 0.15) is 6.04 Å². The third-order valence-electron chi connectivity index (χ3n) is 2.53. The van der Waals surface area contributed by atoms with Gasteiger partial charge >= 0.3 is 0 Å². The van der Waals surface area contributed by atoms with Crippen LogP contribution in [0.5, 0.6) is 0 Å². The lowest BCUT2D eigenvalue weighted by Crippen LogP contribution is -2.33. The number of hydrogen-bond acceptors (Lipinski definition) is 5. The van der Waals surface area contributed by atoms with Crippen molar-refractivity contribution in [1.82, 2.24) is 20.3 Å². The summed E-state index contributed by atoms with van der Waals surface area (Å²) in [4.78, 5) is 11.7. The maximum Gasteiger partial charge on any atom is 0.244 e. The molecule has 1 aromatic heterocycles. The molecule has 0 aliphatic heterocycles. The number of aromatic nitrogens is 3. The van der Waals surface area contributed by atoms with Gasteiger partial charge in [0.05, 0.1) is 12.3 Å². The number of aliphatic hydroxyl groups is 1. The molecule has 0 spiro atoms. The van der Waals surface area contributed by atoms with Crippen LogP contribution in [0.3, 0.4) is 0 Å². The molecule has 7 nitrogen and oxygen atoms in total. The van der Waals surface area contributed by atoms with Crippen molar-refractivity contribution in [2.75, 3.05) is 26.9 Å². The number of ether oxygens (including phenoxy) is 1. The van der Waals surface area contributed by atoms with Gasteiger partial charge in [-0.05, 0) is 19.8 Å². The second-order valence-electron chi connectivity index (χ2n) is 3.98. The Bertz CT molecular complexity index is 367. The molecule has 0 fully saturated rings. The lowest BCUT2D eigenvalue weighted by Gasteiger charge is -2.11. The van der Waals surface area contributed by atoms with Crippen LogP contribution in [0.15, 0.2) is 6.20 Å². The van der Waals surface area contributed by atoms with Gasteiger partial charge in [0.2, 0.25) is 5.91 Å². The van der Waals surface area contributed by atoms with E-state index >= 15 is 0 Å². The SMILES string of the molecule is COCCNC(=O)C(C)n1cc(CCCO)nn1. The van der Waals surface area contributed by atoms with Gasteiger partial charge in [-0.1, -0.05) is 5.21 Å². The normalized spacial score (nSPS) is 12.4. The Hall–Kier alpha value is -1.47. The van der Waals surface area contributed by atoms with Crippen LogP contribution in [-0.2, 0) is 16.0 Å². The van der Waals surface area contributed by atoms with Gasteiger partial charge in [-0.3, -0.25) is 4.79 Å². The van der Waals surface area contributed by atoms with E-state index in [0.717, 1.165) is 5.69 Å². The maximum atomic E-state index is 11.7. The predicted molar refractivity (Wildman–Crippen MR) is 65.0 cm³/mol. The highest BCUT2D eigenvalue weighted by molar-refractivity contribution is 5.79. The van der Waals surface area contributed by atoms with Gasteiger partial charge in [-0.25, -0.2) is 4.68 Å². The van der Waals surface area contributed by atoms with E-state index in [4.69, 9.17) is 9.84 Å². The van der Waals surface area contributed by atoms with Gasteiger partial charge in [0.15, 0.2) is 0 Å². The summed E-state index contributed by atoms with van der Waals surface area (Å²) in [6.07, 6.45) is 3.04. The number of nitrogens with zero attached hydrogens (tertiary/aromatic N) is 3. The first-order valence-electron chi connectivity index (χ1n) is 5.97. The third kappa shape index (κ3) is 4.42. The summed E-state index contributed by atoms with van der Waals surface area (Å²) in [5.41, 5.74) is 0.778. The molecule has 0 radical (unpaired) electrons. The van der Waals surface area contributed by atoms with E-state index in [-0.39, 0.29) is 12.5 Å². The van der Waals surface area contributed by atoms with E-state index in [1.54, 1.807) is 20.2 Å². The molecule has 102 valence electrons. The average molecular weight is 256 g/mol. The van der Waals surface area contributed by atoms with Crippen molar-refractivity contribution in [1.29, 1.82) is 0 Å². The number of carbonyl (C=O) groups excluding carboxylic acids is 1. The molecular formula is C11H20N4O3. The van der Waals surface area contributed by atoms with Crippen molar-refractivity contribution in [3.63, 3.8) is 0 Å². The molecular weight excluding hydrogens is 236 g/mol. The monoisotopic (exact) mass is 256 g/mol. The molecule has 7 heteroatoms. The number of rotatable bonds is 8. The molecule has 0 bridgehead atoms. The zero-order chi connectivity index (χ0) is 13.4. The van der Waals surface area contributed by atoms with Crippen molar-refractivity contribution in [2.45, 2.75) is 25.8 Å². The molecule has 1 atom stereocenters. The Morgan fingerprint density at radius 2 is 2.44 bits per heavy atom. The second-order valence-corrected chi connectivity index (χ2v) is 3.98. The van der Waals surface area contributed by atoms with Crippen molar-refractivity contribution >= 4 is 5.91 Å². The highest BCUT2D eigenvalue weighted by Crippen LogP contribution is 2.06. The zero-order valence-corrected chi connectivity index (χ0v) is 10.8. The van der Waals surface area contributed by atoms with Crippen molar-refractivity contribution in [2.24, 2.45) is 0 Å². The largest absolute Gasteiger partial charge is 0.396 e. The maximum absolute atomic E-state index is 11.7. The number of nitrogens with one attached hydrogen (secondary N) is 1. The minimum absolute atomic E-state index is 0.120. The second kappa shape index (κ2) is 7.78. The van der Waals surface area contributed by atoms with Crippen LogP contribution < -0.4 is 5.32 Å². The van der Waals surface area contributed by atoms with Crippen molar-refractivity contribution in [3.05, 3.63) is 11.9 Å². The molecule has 1 heterocycles. The van der Waals surface area contributed by atoms with Gasteiger partial charge in [0, 0.05) is 26.5 Å². The fourth-order valence-corrected chi connectivity index (χ4v) is 1.42. The Kier molecular flexibility index (Phi) is 6.31. The molecule has 1 unspecified atom stereocenters. The summed E-state index contributed by atoms with van der Waals surface area (Å²) in [7, 11) is 1.58. The van der Waals surface area contributed by atoms with Crippen LogP contribution in [0.25, 0.3) is 0 Å². The lowest BCUT2D eigenvalue weighted by atomic mass is 10.2. The summed E-state index contributed by atoms with van der Waals surface area (Å²) in [5, 5.41) is 19.3. The number of aryl methyl sites for hydroxylation is 1. The van der Waals surface area contributed by atoms with Crippen LogP contribution in [0.4, 0.5) is 0 Å². The highest BCUT2D eigenvalue weighted by atomic mass is 16.5. The van der Waals surface area contributed by atoms with Gasteiger partial charge in [-0.15, -0.1) is 5.10 Å². The van der Waals surface area contributed by atoms with Crippen molar-refractivity contribution in [3.8, 4) is 0 Å². The van der Waals surface area contributed by atoms with Crippen molar-refractivity contribution < 1.29 is 14.6 Å². The van der Waals surface area contributed by atoms with E-state index in [1.807, 2.05) is 0 Å². The Balaban J connectivity index is 2.47. The summed E-state index contributed by atoms with van der Waals surface area (Å²) in [6, 6.07) is -0.405. The number of aliphatic hydroxyl groups excluding tert-OH is 1. The first-order valence-corrected chi connectivity index (χ1v) is 5.97. The molecule has 0 saturated heterocycles. The molecule has 1 amide bonds. The summed E-state index contributed by atoms with van der Waals surface area (Å²) in [5.74, 6) is -0.120. The zero-order valence-electron chi connectivity index (χ0n) is 10.8. The fourth-order valence-electron chi connectivity index (χ4n) is 1.42. The van der Waals surface area contributed by atoms with Crippen LogP contribution in [-0.4, -0.2) is 52.9 Å². The van der Waals surface area contributed by atoms with Gasteiger partial charge in [-0.2, -0.15) is 0 Å². The average Bonchev–Trinajstić information content (AvgIpc) is 2.84. The van der Waals surface area contributed by atoms with Crippen LogP contribution in [0, 0.1) is 0 Å². The molecule has 0 aliphatic rings.